The molecule has 0 aliphatic carbocycles. The number of carboxylic acid groups (broad SMARTS) is 2. The number of rotatable bonds is 1. The number of aliphatic hydroxyl groups excluding tert-OH is 1. The molecule has 0 unspecified atom stereocenters. The van der Waals surface area contributed by atoms with E-state index in [0.717, 1.165) is 0 Å². The molecule has 149 valence electrons. The molecule has 0 heterocycles. The summed E-state index contributed by atoms with van der Waals surface area (Å²) >= 11 is 0. The fraction of sp³-hybridized carbons (Fsp3) is 0.875. The predicted molar refractivity (Wildman–Crippen MR) is 85.3 cm³/mol. The maximum Gasteiger partial charge on any atom is 0.308 e. The summed E-state index contributed by atoms with van der Waals surface area (Å²) in [6.07, 6.45) is 0.243. The molecule has 0 rings (SSSR count). The van der Waals surface area contributed by atoms with Gasteiger partial charge in [0.05, 0.1) is 11.8 Å². The van der Waals surface area contributed by atoms with E-state index in [0.29, 0.717) is 0 Å². The summed E-state index contributed by atoms with van der Waals surface area (Å²) in [6, 6.07) is 0. The molecular weight excluding hydrogens is 831 g/mol. The zero-order valence-corrected chi connectivity index (χ0v) is 24.4. The van der Waals surface area contributed by atoms with Crippen LogP contribution in [0.5, 0.6) is 0 Å². The summed E-state index contributed by atoms with van der Waals surface area (Å²) in [5.74, 6) is -1.48. The maximum atomic E-state index is 10.0. The zero-order valence-electron chi connectivity index (χ0n) is 16.2. The second kappa shape index (κ2) is 17.3. The Balaban J connectivity index is -0.0000000481. The van der Waals surface area contributed by atoms with Gasteiger partial charge in [0.25, 0.3) is 0 Å². The van der Waals surface area contributed by atoms with Gasteiger partial charge in [-0.05, 0) is 31.6 Å². The number of carbonyl (C=O) groups is 2. The molecule has 5 nitrogen and oxygen atoms in total. The van der Waals surface area contributed by atoms with Gasteiger partial charge >= 0.3 is 11.9 Å². The predicted octanol–water partition coefficient (Wildman–Crippen LogP) is 3.64. The van der Waals surface area contributed by atoms with E-state index in [9.17, 15) is 9.59 Å². The second-order valence-corrected chi connectivity index (χ2v) is 8.41. The minimum Gasteiger partial charge on any atom is -0.481 e. The van der Waals surface area contributed by atoms with E-state index in [1.54, 1.807) is 20.8 Å². The molecule has 0 aromatic heterocycles. The first-order valence-electron chi connectivity index (χ1n) is 6.98. The third kappa shape index (κ3) is 49.5. The molecule has 0 bridgehead atoms. The quantitative estimate of drug-likeness (QED) is 0.375. The van der Waals surface area contributed by atoms with Crippen molar-refractivity contribution < 1.29 is 86.2 Å². The summed E-state index contributed by atoms with van der Waals surface area (Å²) in [6.45, 7) is 16.9. The molecule has 3 radical (unpaired) electrons. The SMILES string of the molecule is CC(C)(C)C(=O)O.CC(C)(C)CC(=O)O.CC(C)(C)CO.[Re].[Re].[Re]. The summed E-state index contributed by atoms with van der Waals surface area (Å²) in [5, 5.41) is 24.9. The molecule has 0 fully saturated rings. The number of hydrogen-bond donors (Lipinski definition) is 3. The van der Waals surface area contributed by atoms with E-state index in [2.05, 4.69) is 0 Å². The van der Waals surface area contributed by atoms with Gasteiger partial charge in [0, 0.05) is 67.9 Å². The van der Waals surface area contributed by atoms with E-state index in [1.165, 1.54) is 0 Å². The van der Waals surface area contributed by atoms with Crippen molar-refractivity contribution in [3.8, 4) is 0 Å². The van der Waals surface area contributed by atoms with E-state index < -0.39 is 17.4 Å². The van der Waals surface area contributed by atoms with Gasteiger partial charge in [0.2, 0.25) is 0 Å². The van der Waals surface area contributed by atoms with Crippen LogP contribution < -0.4 is 0 Å². The molecule has 0 aliphatic rings. The van der Waals surface area contributed by atoms with Crippen LogP contribution in [-0.4, -0.2) is 33.9 Å². The van der Waals surface area contributed by atoms with E-state index in [-0.39, 0.29) is 85.1 Å². The van der Waals surface area contributed by atoms with Gasteiger partial charge in [0.1, 0.15) is 0 Å². The van der Waals surface area contributed by atoms with Crippen LogP contribution in [0.3, 0.4) is 0 Å². The van der Waals surface area contributed by atoms with Crippen molar-refractivity contribution in [2.24, 2.45) is 16.2 Å². The molecule has 0 amide bonds. The molecule has 0 aromatic rings. The first-order valence-corrected chi connectivity index (χ1v) is 6.98. The number of hydrogen-bond acceptors (Lipinski definition) is 3. The summed E-state index contributed by atoms with van der Waals surface area (Å²) in [7, 11) is 0. The van der Waals surface area contributed by atoms with Crippen molar-refractivity contribution in [2.45, 2.75) is 68.7 Å². The van der Waals surface area contributed by atoms with Crippen LogP contribution in [0.25, 0.3) is 0 Å². The van der Waals surface area contributed by atoms with Crippen LogP contribution in [0.4, 0.5) is 0 Å². The topological polar surface area (TPSA) is 94.8 Å². The first kappa shape index (κ1) is 39.8. The molecule has 0 spiro atoms. The van der Waals surface area contributed by atoms with Gasteiger partial charge in [-0.2, -0.15) is 0 Å². The van der Waals surface area contributed by atoms with Crippen molar-refractivity contribution in [1.29, 1.82) is 0 Å². The monoisotopic (exact) mass is 867 g/mol. The van der Waals surface area contributed by atoms with Crippen molar-refractivity contribution >= 4 is 11.9 Å². The van der Waals surface area contributed by atoms with Crippen molar-refractivity contribution in [2.75, 3.05) is 6.61 Å². The molecule has 3 N–H and O–H groups in total. The van der Waals surface area contributed by atoms with Crippen LogP contribution in [0.1, 0.15) is 68.7 Å². The molecule has 8 heteroatoms. The standard InChI is InChI=1S/C6H12O2.C5H10O2.C5H12O.3Re/c1-6(2,3)4-5(7)8;1-5(2,3)4(6)7;1-5(2,3)4-6;;;/h4H2,1-3H3,(H,7,8);1-3H3,(H,6,7);6H,4H2,1-3H3;;;. The first-order chi connectivity index (χ1) is 8.92. The van der Waals surface area contributed by atoms with Crippen molar-refractivity contribution in [3.05, 3.63) is 0 Å². The molecule has 0 aliphatic heterocycles. The Kier molecular flexibility index (Phi) is 28.7. The van der Waals surface area contributed by atoms with E-state index >= 15 is 0 Å². The molecule has 24 heavy (non-hydrogen) atoms. The Labute approximate surface area is 188 Å². The van der Waals surface area contributed by atoms with E-state index in [1.807, 2.05) is 41.5 Å². The average Bonchev–Trinajstić information content (AvgIpc) is 2.12. The Hall–Kier alpha value is 0.887. The van der Waals surface area contributed by atoms with Crippen LogP contribution >= 0.6 is 0 Å². The Bertz CT molecular complexity index is 313. The summed E-state index contributed by atoms with van der Waals surface area (Å²) in [5.41, 5.74) is -0.564. The Morgan fingerprint density at radius 2 is 0.917 bits per heavy atom. The van der Waals surface area contributed by atoms with Gasteiger partial charge in [-0.3, -0.25) is 9.59 Å². The smallest absolute Gasteiger partial charge is 0.308 e. The maximum absolute atomic E-state index is 10.0. The molecule has 0 atom stereocenters. The van der Waals surface area contributed by atoms with Crippen molar-refractivity contribution in [1.82, 2.24) is 0 Å². The van der Waals surface area contributed by atoms with Crippen LogP contribution in [-0.2, 0) is 70.9 Å². The Morgan fingerprint density at radius 3 is 0.917 bits per heavy atom. The minimum atomic E-state index is -0.757. The number of aliphatic carboxylic acids is 2. The van der Waals surface area contributed by atoms with Crippen LogP contribution in [0.15, 0.2) is 0 Å². The largest absolute Gasteiger partial charge is 0.481 e. The fourth-order valence-electron chi connectivity index (χ4n) is 0.454. The minimum absolute atomic E-state index is 0. The third-order valence-corrected chi connectivity index (χ3v) is 1.80. The van der Waals surface area contributed by atoms with Gasteiger partial charge in [-0.15, -0.1) is 0 Å². The van der Waals surface area contributed by atoms with Gasteiger partial charge in [0.15, 0.2) is 0 Å². The van der Waals surface area contributed by atoms with Crippen LogP contribution in [0, 0.1) is 16.2 Å². The zero-order chi connectivity index (χ0) is 18.1. The third-order valence-electron chi connectivity index (χ3n) is 1.80. The number of aliphatic hydroxyl groups is 1. The van der Waals surface area contributed by atoms with Crippen LogP contribution in [0.2, 0.25) is 0 Å². The van der Waals surface area contributed by atoms with Gasteiger partial charge in [-0.25, -0.2) is 0 Å². The molecule has 0 saturated heterocycles. The van der Waals surface area contributed by atoms with E-state index in [4.69, 9.17) is 15.3 Å². The normalized spacial score (nSPS) is 10.1. The van der Waals surface area contributed by atoms with Gasteiger partial charge < -0.3 is 15.3 Å². The van der Waals surface area contributed by atoms with Crippen molar-refractivity contribution in [3.63, 3.8) is 0 Å². The molecule has 0 aromatic carbocycles. The average molecular weight is 865 g/mol. The Morgan fingerprint density at radius 1 is 0.708 bits per heavy atom. The number of carboxylic acids is 2. The summed E-state index contributed by atoms with van der Waals surface area (Å²) in [4.78, 5) is 20.0. The summed E-state index contributed by atoms with van der Waals surface area (Å²) < 4.78 is 0. The molecule has 0 saturated carbocycles. The van der Waals surface area contributed by atoms with Gasteiger partial charge in [-0.1, -0.05) is 41.5 Å². The fourth-order valence-corrected chi connectivity index (χ4v) is 0.454. The molecular formula is C16H34O5Re3. The second-order valence-electron chi connectivity index (χ2n) is 8.41.